The first-order valence-corrected chi connectivity index (χ1v) is 8.54. The van der Waals surface area contributed by atoms with Crippen molar-refractivity contribution >= 4 is 50.7 Å². The molecule has 1 fully saturated rings. The lowest BCUT2D eigenvalue weighted by Crippen LogP contribution is -2.37. The van der Waals surface area contributed by atoms with E-state index in [9.17, 15) is 0 Å². The highest BCUT2D eigenvalue weighted by Gasteiger charge is 2.14. The van der Waals surface area contributed by atoms with Crippen LogP contribution in [0.5, 0.6) is 0 Å². The van der Waals surface area contributed by atoms with Gasteiger partial charge < -0.3 is 10.6 Å². The van der Waals surface area contributed by atoms with Gasteiger partial charge in [0.05, 0.1) is 5.02 Å². The fourth-order valence-electron chi connectivity index (χ4n) is 2.40. The Bertz CT molecular complexity index is 488. The van der Waals surface area contributed by atoms with Crippen LogP contribution in [0.4, 0.5) is 5.82 Å². The minimum Gasteiger partial charge on any atom is -0.360 e. The van der Waals surface area contributed by atoms with Crippen molar-refractivity contribution in [2.45, 2.75) is 51.5 Å². The van der Waals surface area contributed by atoms with E-state index in [0.29, 0.717) is 22.0 Å². The molecule has 1 aliphatic rings. The largest absolute Gasteiger partial charge is 0.360 e. The Morgan fingerprint density at radius 1 is 1.35 bits per heavy atom. The third kappa shape index (κ3) is 4.30. The summed E-state index contributed by atoms with van der Waals surface area (Å²) in [6.45, 7) is 1.95. The number of hydrogen-bond acceptors (Lipinski definition) is 2. The Kier molecular flexibility index (Phi) is 6.05. The molecule has 1 heterocycles. The summed E-state index contributed by atoms with van der Waals surface area (Å²) in [6, 6.07) is 0.466. The molecule has 6 heteroatoms. The highest BCUT2D eigenvalue weighted by Crippen LogP contribution is 2.28. The van der Waals surface area contributed by atoms with Crippen LogP contribution in [0, 0.1) is 6.92 Å². The maximum Gasteiger partial charge on any atom is 0.172 e. The van der Waals surface area contributed by atoms with Crippen LogP contribution in [0.25, 0.3) is 0 Å². The van der Waals surface area contributed by atoms with E-state index in [1.165, 1.54) is 38.5 Å². The summed E-state index contributed by atoms with van der Waals surface area (Å²) in [5, 5.41) is 7.69. The minimum absolute atomic E-state index is 0.466. The normalized spacial score (nSPS) is 16.6. The Hall–Kier alpha value is -0.390. The van der Waals surface area contributed by atoms with Gasteiger partial charge in [-0.15, -0.1) is 0 Å². The SMILES string of the molecule is Cc1c(Br)cnc(NC(=S)NC2CCCCCC2)c1Cl. The molecule has 1 aliphatic carbocycles. The average Bonchev–Trinajstić information content (AvgIpc) is 2.68. The van der Waals surface area contributed by atoms with E-state index in [1.54, 1.807) is 6.20 Å². The van der Waals surface area contributed by atoms with Gasteiger partial charge in [0.2, 0.25) is 0 Å². The molecule has 0 aromatic carbocycles. The van der Waals surface area contributed by atoms with Gasteiger partial charge in [-0.1, -0.05) is 37.3 Å². The van der Waals surface area contributed by atoms with Gasteiger partial charge in [-0.2, -0.15) is 0 Å². The molecule has 110 valence electrons. The molecule has 3 nitrogen and oxygen atoms in total. The Morgan fingerprint density at radius 2 is 2.00 bits per heavy atom. The van der Waals surface area contributed by atoms with Crippen molar-refractivity contribution in [1.29, 1.82) is 0 Å². The van der Waals surface area contributed by atoms with Gasteiger partial charge in [0.15, 0.2) is 10.9 Å². The van der Waals surface area contributed by atoms with Crippen LogP contribution in [0.2, 0.25) is 5.02 Å². The maximum absolute atomic E-state index is 6.27. The standard InChI is InChI=1S/C14H19BrClN3S/c1-9-11(15)8-17-13(12(9)16)19-14(20)18-10-6-4-2-3-5-7-10/h8,10H,2-7H2,1H3,(H2,17,18,19,20). The van der Waals surface area contributed by atoms with Crippen molar-refractivity contribution in [3.63, 3.8) is 0 Å². The molecule has 1 saturated carbocycles. The summed E-state index contributed by atoms with van der Waals surface area (Å²) in [6.07, 6.45) is 9.31. The molecule has 0 spiro atoms. The van der Waals surface area contributed by atoms with E-state index in [2.05, 4.69) is 31.5 Å². The number of rotatable bonds is 2. The van der Waals surface area contributed by atoms with E-state index >= 15 is 0 Å². The third-order valence-corrected chi connectivity index (χ3v) is 5.11. The summed E-state index contributed by atoms with van der Waals surface area (Å²) >= 11 is 15.0. The summed E-state index contributed by atoms with van der Waals surface area (Å²) in [7, 11) is 0. The van der Waals surface area contributed by atoms with Crippen molar-refractivity contribution in [3.8, 4) is 0 Å². The van der Waals surface area contributed by atoms with Crippen LogP contribution in [-0.4, -0.2) is 16.1 Å². The molecule has 0 unspecified atom stereocenters. The number of nitrogens with zero attached hydrogens (tertiary/aromatic N) is 1. The van der Waals surface area contributed by atoms with Crippen LogP contribution in [-0.2, 0) is 0 Å². The fourth-order valence-corrected chi connectivity index (χ4v) is 3.27. The Labute approximate surface area is 139 Å². The second kappa shape index (κ2) is 7.57. The molecule has 2 rings (SSSR count). The first kappa shape index (κ1) is 16.0. The number of thiocarbonyl (C=S) groups is 1. The molecule has 0 aliphatic heterocycles. The number of aromatic nitrogens is 1. The summed E-state index contributed by atoms with van der Waals surface area (Å²) in [5.41, 5.74) is 0.960. The lowest BCUT2D eigenvalue weighted by Gasteiger charge is -2.19. The van der Waals surface area contributed by atoms with Crippen LogP contribution in [0.3, 0.4) is 0 Å². The van der Waals surface area contributed by atoms with Crippen LogP contribution >= 0.6 is 39.7 Å². The summed E-state index contributed by atoms with van der Waals surface area (Å²) in [4.78, 5) is 4.27. The number of hydrogen-bond donors (Lipinski definition) is 2. The van der Waals surface area contributed by atoms with Gasteiger partial charge in [-0.3, -0.25) is 0 Å². The van der Waals surface area contributed by atoms with Crippen LogP contribution in [0.1, 0.15) is 44.1 Å². The van der Waals surface area contributed by atoms with E-state index in [1.807, 2.05) is 6.92 Å². The second-order valence-corrected chi connectivity index (χ2v) is 6.82. The van der Waals surface area contributed by atoms with Gasteiger partial charge in [0.1, 0.15) is 0 Å². The fraction of sp³-hybridized carbons (Fsp3) is 0.571. The predicted octanol–water partition coefficient (Wildman–Crippen LogP) is 4.82. The average molecular weight is 377 g/mol. The van der Waals surface area contributed by atoms with Gasteiger partial charge in [-0.25, -0.2) is 4.98 Å². The monoisotopic (exact) mass is 375 g/mol. The van der Waals surface area contributed by atoms with E-state index in [-0.39, 0.29) is 0 Å². The molecule has 0 atom stereocenters. The van der Waals surface area contributed by atoms with E-state index < -0.39 is 0 Å². The molecule has 0 saturated heterocycles. The first-order chi connectivity index (χ1) is 9.58. The molecule has 1 aromatic rings. The molecular formula is C14H19BrClN3S. The summed E-state index contributed by atoms with van der Waals surface area (Å²) < 4.78 is 0.899. The Balaban J connectivity index is 1.95. The Morgan fingerprint density at radius 3 is 2.65 bits per heavy atom. The first-order valence-electron chi connectivity index (χ1n) is 6.96. The molecule has 0 amide bonds. The number of halogens is 2. The lowest BCUT2D eigenvalue weighted by molar-refractivity contribution is 0.535. The molecule has 0 bridgehead atoms. The van der Waals surface area contributed by atoms with Crippen molar-refractivity contribution in [1.82, 2.24) is 10.3 Å². The highest BCUT2D eigenvalue weighted by atomic mass is 79.9. The van der Waals surface area contributed by atoms with Gasteiger partial charge in [-0.05, 0) is 53.5 Å². The molecule has 20 heavy (non-hydrogen) atoms. The zero-order valence-electron chi connectivity index (χ0n) is 11.5. The van der Waals surface area contributed by atoms with E-state index in [4.69, 9.17) is 23.8 Å². The number of pyridine rings is 1. The topological polar surface area (TPSA) is 37.0 Å². The highest BCUT2D eigenvalue weighted by molar-refractivity contribution is 9.10. The molecule has 2 N–H and O–H groups in total. The van der Waals surface area contributed by atoms with E-state index in [0.717, 1.165) is 10.0 Å². The lowest BCUT2D eigenvalue weighted by atomic mass is 10.1. The van der Waals surface area contributed by atoms with Gasteiger partial charge >= 0.3 is 0 Å². The molecule has 0 radical (unpaired) electrons. The van der Waals surface area contributed by atoms with Gasteiger partial charge in [0, 0.05) is 16.7 Å². The molecule has 1 aromatic heterocycles. The van der Waals surface area contributed by atoms with Crippen molar-refractivity contribution in [3.05, 3.63) is 21.3 Å². The van der Waals surface area contributed by atoms with Gasteiger partial charge in [0.25, 0.3) is 0 Å². The maximum atomic E-state index is 6.27. The molecular weight excluding hydrogens is 358 g/mol. The smallest absolute Gasteiger partial charge is 0.172 e. The zero-order chi connectivity index (χ0) is 14.5. The summed E-state index contributed by atoms with van der Waals surface area (Å²) in [5.74, 6) is 0.610. The van der Waals surface area contributed by atoms with Crippen LogP contribution in [0.15, 0.2) is 10.7 Å². The predicted molar refractivity (Wildman–Crippen MR) is 92.5 cm³/mol. The third-order valence-electron chi connectivity index (χ3n) is 3.62. The second-order valence-electron chi connectivity index (χ2n) is 5.18. The quantitative estimate of drug-likeness (QED) is 0.573. The number of nitrogens with one attached hydrogen (secondary N) is 2. The zero-order valence-corrected chi connectivity index (χ0v) is 14.7. The number of anilines is 1. The van der Waals surface area contributed by atoms with Crippen LogP contribution < -0.4 is 10.6 Å². The van der Waals surface area contributed by atoms with Crippen molar-refractivity contribution in [2.24, 2.45) is 0 Å². The minimum atomic E-state index is 0.466. The van der Waals surface area contributed by atoms with Crippen molar-refractivity contribution in [2.75, 3.05) is 5.32 Å². The van der Waals surface area contributed by atoms with Crippen molar-refractivity contribution < 1.29 is 0 Å².